The molecule has 1 saturated heterocycles. The molecule has 1 heterocycles. The maximum Gasteiger partial charge on any atom is 0.303 e. The number of amides is 1. The third-order valence-electron chi connectivity index (χ3n) is 3.11. The first-order valence-electron chi connectivity index (χ1n) is 5.86. The van der Waals surface area contributed by atoms with E-state index >= 15 is 0 Å². The summed E-state index contributed by atoms with van der Waals surface area (Å²) in [6.07, 6.45) is 0.0563. The second kappa shape index (κ2) is 5.26. The number of likely N-dealkylation sites (tertiary alicyclic amines) is 1. The summed E-state index contributed by atoms with van der Waals surface area (Å²) in [5.41, 5.74) is 0.243. The molecule has 0 radical (unpaired) electrons. The molecular weight excluding hydrogens is 253 g/mol. The third-order valence-corrected chi connectivity index (χ3v) is 3.11. The molecule has 0 saturated carbocycles. The predicted octanol–water partition coefficient (Wildman–Crippen LogP) is 1.38. The van der Waals surface area contributed by atoms with Crippen LogP contribution in [0.15, 0.2) is 18.2 Å². The number of rotatable bonds is 4. The molecule has 102 valence electrons. The number of benzene rings is 1. The number of hydrogen-bond donors (Lipinski definition) is 1. The smallest absolute Gasteiger partial charge is 0.303 e. The van der Waals surface area contributed by atoms with Crippen molar-refractivity contribution in [2.24, 2.45) is 5.92 Å². The summed E-state index contributed by atoms with van der Waals surface area (Å²) in [6.45, 7) is 0.803. The molecule has 6 heteroatoms. The zero-order valence-electron chi connectivity index (χ0n) is 10.4. The van der Waals surface area contributed by atoms with Crippen LogP contribution in [0.4, 0.5) is 4.39 Å². The van der Waals surface area contributed by atoms with E-state index < -0.39 is 11.8 Å². The van der Waals surface area contributed by atoms with E-state index in [1.54, 1.807) is 0 Å². The van der Waals surface area contributed by atoms with Gasteiger partial charge in [-0.2, -0.15) is 0 Å². The quantitative estimate of drug-likeness (QED) is 0.895. The van der Waals surface area contributed by atoms with E-state index in [0.717, 1.165) is 6.07 Å². The Balaban J connectivity index is 1.98. The van der Waals surface area contributed by atoms with Gasteiger partial charge in [0.05, 0.1) is 13.5 Å². The van der Waals surface area contributed by atoms with Crippen molar-refractivity contribution in [3.05, 3.63) is 29.6 Å². The minimum Gasteiger partial charge on any atom is -0.494 e. The average Bonchev–Trinajstić information content (AvgIpc) is 2.32. The highest BCUT2D eigenvalue weighted by molar-refractivity contribution is 5.95. The number of aliphatic carboxylic acids is 1. The Morgan fingerprint density at radius 1 is 1.47 bits per heavy atom. The summed E-state index contributed by atoms with van der Waals surface area (Å²) in [5.74, 6) is -1.67. The van der Waals surface area contributed by atoms with Crippen LogP contribution < -0.4 is 4.74 Å². The third kappa shape index (κ3) is 2.83. The molecule has 5 nitrogen and oxygen atoms in total. The fraction of sp³-hybridized carbons (Fsp3) is 0.385. The highest BCUT2D eigenvalue weighted by Gasteiger charge is 2.32. The fourth-order valence-corrected chi connectivity index (χ4v) is 2.09. The van der Waals surface area contributed by atoms with Crippen molar-refractivity contribution in [1.29, 1.82) is 0 Å². The SMILES string of the molecule is COc1ccc(C(=O)N2CC(CC(=O)O)C2)cc1F. The summed E-state index contributed by atoms with van der Waals surface area (Å²) < 4.78 is 18.2. The molecule has 1 fully saturated rings. The van der Waals surface area contributed by atoms with E-state index in [4.69, 9.17) is 9.84 Å². The van der Waals surface area contributed by atoms with Crippen LogP contribution in [0.1, 0.15) is 16.8 Å². The van der Waals surface area contributed by atoms with Gasteiger partial charge in [-0.05, 0) is 18.2 Å². The van der Waals surface area contributed by atoms with Crippen molar-refractivity contribution in [1.82, 2.24) is 4.90 Å². The van der Waals surface area contributed by atoms with Gasteiger partial charge in [-0.15, -0.1) is 0 Å². The topological polar surface area (TPSA) is 66.8 Å². The first-order valence-corrected chi connectivity index (χ1v) is 5.86. The molecule has 1 amide bonds. The molecule has 0 aromatic heterocycles. The highest BCUT2D eigenvalue weighted by atomic mass is 19.1. The number of carbonyl (C=O) groups is 2. The highest BCUT2D eigenvalue weighted by Crippen LogP contribution is 2.23. The van der Waals surface area contributed by atoms with Crippen molar-refractivity contribution in [3.8, 4) is 5.75 Å². The van der Waals surface area contributed by atoms with Crippen LogP contribution in [0.25, 0.3) is 0 Å². The van der Waals surface area contributed by atoms with Crippen molar-refractivity contribution in [2.45, 2.75) is 6.42 Å². The summed E-state index contributed by atoms with van der Waals surface area (Å²) in [4.78, 5) is 24.0. The van der Waals surface area contributed by atoms with Crippen molar-refractivity contribution in [2.75, 3.05) is 20.2 Å². The molecule has 0 spiro atoms. The van der Waals surface area contributed by atoms with Gasteiger partial charge < -0.3 is 14.7 Å². The Labute approximate surface area is 109 Å². The van der Waals surface area contributed by atoms with Gasteiger partial charge in [0.1, 0.15) is 0 Å². The predicted molar refractivity (Wildman–Crippen MR) is 64.6 cm³/mol. The van der Waals surface area contributed by atoms with Crippen LogP contribution in [-0.2, 0) is 4.79 Å². The molecule has 2 rings (SSSR count). The maximum atomic E-state index is 13.5. The minimum atomic E-state index is -0.868. The second-order valence-electron chi connectivity index (χ2n) is 4.52. The van der Waals surface area contributed by atoms with Crippen molar-refractivity contribution < 1.29 is 23.8 Å². The first-order chi connectivity index (χ1) is 9.01. The summed E-state index contributed by atoms with van der Waals surface area (Å²) in [6, 6.07) is 4.03. The van der Waals surface area contributed by atoms with Gasteiger partial charge >= 0.3 is 5.97 Å². The monoisotopic (exact) mass is 267 g/mol. The Morgan fingerprint density at radius 2 is 2.16 bits per heavy atom. The zero-order valence-corrected chi connectivity index (χ0v) is 10.4. The number of carboxylic acids is 1. The number of halogens is 1. The Hall–Kier alpha value is -2.11. The second-order valence-corrected chi connectivity index (χ2v) is 4.52. The molecule has 0 atom stereocenters. The lowest BCUT2D eigenvalue weighted by atomic mass is 9.95. The molecule has 19 heavy (non-hydrogen) atoms. The van der Waals surface area contributed by atoms with E-state index in [1.807, 2.05) is 0 Å². The summed E-state index contributed by atoms with van der Waals surface area (Å²) in [5, 5.41) is 8.62. The van der Waals surface area contributed by atoms with Gasteiger partial charge in [-0.1, -0.05) is 0 Å². The summed E-state index contributed by atoms with van der Waals surface area (Å²) in [7, 11) is 1.35. The molecular formula is C13H14FNO4. The molecule has 1 aromatic carbocycles. The molecule has 0 aliphatic carbocycles. The van der Waals surface area contributed by atoms with Crippen LogP contribution in [-0.4, -0.2) is 42.1 Å². The van der Waals surface area contributed by atoms with Gasteiger partial charge in [0.2, 0.25) is 0 Å². The van der Waals surface area contributed by atoms with Gasteiger partial charge in [0.15, 0.2) is 11.6 Å². The average molecular weight is 267 g/mol. The standard InChI is InChI=1S/C13H14FNO4/c1-19-11-3-2-9(5-10(11)14)13(18)15-6-8(7-15)4-12(16)17/h2-3,5,8H,4,6-7H2,1H3,(H,16,17). The number of ether oxygens (including phenoxy) is 1. The molecule has 1 N–H and O–H groups in total. The molecule has 0 unspecified atom stereocenters. The minimum absolute atomic E-state index is 0.00968. The Bertz CT molecular complexity index is 511. The number of nitrogens with zero attached hydrogens (tertiary/aromatic N) is 1. The van der Waals surface area contributed by atoms with E-state index in [-0.39, 0.29) is 29.6 Å². The number of carboxylic acid groups (broad SMARTS) is 1. The van der Waals surface area contributed by atoms with Crippen LogP contribution in [0, 0.1) is 11.7 Å². The van der Waals surface area contributed by atoms with E-state index in [2.05, 4.69) is 0 Å². The van der Waals surface area contributed by atoms with Gasteiger partial charge in [0.25, 0.3) is 5.91 Å². The Kier molecular flexibility index (Phi) is 3.69. The van der Waals surface area contributed by atoms with Crippen LogP contribution >= 0.6 is 0 Å². The maximum absolute atomic E-state index is 13.5. The van der Waals surface area contributed by atoms with Gasteiger partial charge in [-0.25, -0.2) is 4.39 Å². The zero-order chi connectivity index (χ0) is 14.0. The van der Waals surface area contributed by atoms with Crippen molar-refractivity contribution in [3.63, 3.8) is 0 Å². The lowest BCUT2D eigenvalue weighted by Gasteiger charge is -2.38. The first kappa shape index (κ1) is 13.3. The van der Waals surface area contributed by atoms with Crippen LogP contribution in [0.5, 0.6) is 5.75 Å². The number of carbonyl (C=O) groups excluding carboxylic acids is 1. The van der Waals surface area contributed by atoms with Gasteiger partial charge in [-0.3, -0.25) is 9.59 Å². The molecule has 1 aliphatic rings. The van der Waals surface area contributed by atoms with Crippen molar-refractivity contribution >= 4 is 11.9 Å². The van der Waals surface area contributed by atoms with Crippen LogP contribution in [0.2, 0.25) is 0 Å². The largest absolute Gasteiger partial charge is 0.494 e. The summed E-state index contributed by atoms with van der Waals surface area (Å²) >= 11 is 0. The molecule has 0 bridgehead atoms. The number of methoxy groups -OCH3 is 1. The van der Waals surface area contributed by atoms with Gasteiger partial charge in [0, 0.05) is 24.6 Å². The molecule has 1 aromatic rings. The molecule has 1 aliphatic heterocycles. The normalized spacial score (nSPS) is 14.9. The van der Waals surface area contributed by atoms with E-state index in [0.29, 0.717) is 13.1 Å². The van der Waals surface area contributed by atoms with Crippen LogP contribution in [0.3, 0.4) is 0 Å². The number of hydrogen-bond acceptors (Lipinski definition) is 3. The fourth-order valence-electron chi connectivity index (χ4n) is 2.09. The van der Waals surface area contributed by atoms with E-state index in [1.165, 1.54) is 24.1 Å². The lowest BCUT2D eigenvalue weighted by molar-refractivity contribution is -0.139. The lowest BCUT2D eigenvalue weighted by Crippen LogP contribution is -2.50. The Morgan fingerprint density at radius 3 is 2.68 bits per heavy atom. The van der Waals surface area contributed by atoms with E-state index in [9.17, 15) is 14.0 Å².